The molecule has 0 saturated carbocycles. The summed E-state index contributed by atoms with van der Waals surface area (Å²) in [5.41, 5.74) is -0.130. The molecule has 0 unspecified atom stereocenters. The summed E-state index contributed by atoms with van der Waals surface area (Å²) in [5.74, 6) is -0.387. The smallest absolute Gasteiger partial charge is 0.361 e. The molecule has 2 aromatic heterocycles. The van der Waals surface area contributed by atoms with Crippen LogP contribution in [-0.4, -0.2) is 64.9 Å². The van der Waals surface area contributed by atoms with Crippen molar-refractivity contribution >= 4 is 34.7 Å². The first kappa shape index (κ1) is 19.5. The Hall–Kier alpha value is -1.78. The Labute approximate surface area is 168 Å². The molecule has 2 aliphatic rings. The van der Waals surface area contributed by atoms with Gasteiger partial charge in [0.2, 0.25) is 0 Å². The zero-order chi connectivity index (χ0) is 20.1. The molecule has 4 heterocycles. The van der Waals surface area contributed by atoms with Crippen molar-refractivity contribution in [2.75, 3.05) is 38.5 Å². The Morgan fingerprint density at radius 1 is 1.32 bits per heavy atom. The number of carbonyl (C=O) groups is 1. The van der Waals surface area contributed by atoms with Crippen molar-refractivity contribution in [2.45, 2.75) is 24.7 Å². The highest BCUT2D eigenvalue weighted by atomic mass is 35.5. The van der Waals surface area contributed by atoms with Crippen LogP contribution in [0.25, 0.3) is 0 Å². The number of piperazine rings is 1. The van der Waals surface area contributed by atoms with Crippen LogP contribution in [0.5, 0.6) is 0 Å². The molecule has 4 rings (SSSR count). The zero-order valence-corrected chi connectivity index (χ0v) is 16.6. The molecule has 1 amide bonds. The lowest BCUT2D eigenvalue weighted by atomic mass is 10.0. The summed E-state index contributed by atoms with van der Waals surface area (Å²) in [6.07, 6.45) is -4.72. The first-order valence-electron chi connectivity index (χ1n) is 8.88. The average molecular weight is 434 g/mol. The Kier molecular flexibility index (Phi) is 5.05. The van der Waals surface area contributed by atoms with Gasteiger partial charge in [0.1, 0.15) is 10.8 Å². The number of rotatable bonds is 2. The quantitative estimate of drug-likeness (QED) is 0.785. The van der Waals surface area contributed by atoms with Gasteiger partial charge in [0.25, 0.3) is 5.91 Å². The van der Waals surface area contributed by atoms with E-state index in [9.17, 15) is 18.0 Å². The van der Waals surface area contributed by atoms with Crippen molar-refractivity contribution in [3.05, 3.63) is 33.1 Å². The molecule has 0 aromatic carbocycles. The first-order chi connectivity index (χ1) is 13.3. The van der Waals surface area contributed by atoms with Gasteiger partial charge in [-0.1, -0.05) is 17.7 Å². The number of aromatic nitrogens is 2. The average Bonchev–Trinajstić information content (AvgIpc) is 3.29. The Morgan fingerprint density at radius 2 is 2.04 bits per heavy atom. The largest absolute Gasteiger partial charge is 0.410 e. The van der Waals surface area contributed by atoms with Gasteiger partial charge in [0, 0.05) is 37.5 Å². The van der Waals surface area contributed by atoms with Gasteiger partial charge in [-0.2, -0.15) is 18.3 Å². The highest BCUT2D eigenvalue weighted by Gasteiger charge is 2.48. The highest BCUT2D eigenvalue weighted by Crippen LogP contribution is 2.46. The van der Waals surface area contributed by atoms with Crippen molar-refractivity contribution in [1.29, 1.82) is 0 Å². The topological polar surface area (TPSA) is 53.4 Å². The van der Waals surface area contributed by atoms with Gasteiger partial charge in [-0.25, -0.2) is 4.68 Å². The molecular formula is C17H19ClF3N5OS. The third-order valence-corrected chi connectivity index (χ3v) is 6.52. The van der Waals surface area contributed by atoms with Crippen molar-refractivity contribution < 1.29 is 18.0 Å². The summed E-state index contributed by atoms with van der Waals surface area (Å²) in [7, 11) is 1.95. The number of anilines is 1. The van der Waals surface area contributed by atoms with Crippen LogP contribution >= 0.6 is 22.9 Å². The normalized spacial score (nSPS) is 23.4. The Bertz CT molecular complexity index is 861. The number of likely N-dealkylation sites (N-methyl/N-ethyl adjacent to an activating group) is 1. The van der Waals surface area contributed by atoms with Crippen LogP contribution < -0.4 is 5.32 Å². The fourth-order valence-electron chi connectivity index (χ4n) is 3.56. The number of alkyl halides is 3. The standard InChI is InChI=1S/C17H19ClF3N5OS/c1-24-4-6-25(7-5-24)16(27)14-13(18)15-22-10(11-3-2-8-28-11)9-12(17(19,20)21)26(15)23-14/h2-3,8,10,12,22H,4-7,9H2,1H3/t10-,12-/m1/s1. The van der Waals surface area contributed by atoms with E-state index < -0.39 is 24.2 Å². The predicted molar refractivity (Wildman–Crippen MR) is 101 cm³/mol. The van der Waals surface area contributed by atoms with Gasteiger partial charge < -0.3 is 15.1 Å². The van der Waals surface area contributed by atoms with E-state index in [1.54, 1.807) is 17.0 Å². The molecule has 11 heteroatoms. The summed E-state index contributed by atoms with van der Waals surface area (Å²) in [4.78, 5) is 17.3. The molecule has 0 aliphatic carbocycles. The molecule has 0 bridgehead atoms. The van der Waals surface area contributed by atoms with Crippen LogP contribution in [0.15, 0.2) is 17.5 Å². The summed E-state index contributed by atoms with van der Waals surface area (Å²) in [6, 6.07) is 1.19. The van der Waals surface area contributed by atoms with E-state index in [-0.39, 0.29) is 23.0 Å². The molecule has 2 aliphatic heterocycles. The summed E-state index contributed by atoms with van der Waals surface area (Å²) >= 11 is 7.74. The van der Waals surface area contributed by atoms with Gasteiger partial charge in [-0.05, 0) is 18.5 Å². The fourth-order valence-corrected chi connectivity index (χ4v) is 4.61. The summed E-state index contributed by atoms with van der Waals surface area (Å²) < 4.78 is 42.1. The second-order valence-corrected chi connectivity index (χ2v) is 8.41. The predicted octanol–water partition coefficient (Wildman–Crippen LogP) is 3.65. The van der Waals surface area contributed by atoms with E-state index in [1.165, 1.54) is 11.3 Å². The minimum absolute atomic E-state index is 0.0473. The third-order valence-electron chi connectivity index (χ3n) is 5.18. The monoisotopic (exact) mass is 433 g/mol. The molecule has 0 spiro atoms. The zero-order valence-electron chi connectivity index (χ0n) is 15.0. The van der Waals surface area contributed by atoms with E-state index in [4.69, 9.17) is 11.6 Å². The number of halogens is 4. The molecule has 1 saturated heterocycles. The molecule has 0 radical (unpaired) electrons. The van der Waals surface area contributed by atoms with Crippen LogP contribution in [-0.2, 0) is 0 Å². The van der Waals surface area contributed by atoms with Crippen LogP contribution in [0.4, 0.5) is 19.0 Å². The van der Waals surface area contributed by atoms with Gasteiger partial charge >= 0.3 is 6.18 Å². The van der Waals surface area contributed by atoms with Crippen LogP contribution in [0, 0.1) is 0 Å². The van der Waals surface area contributed by atoms with E-state index in [2.05, 4.69) is 15.3 Å². The lowest BCUT2D eigenvalue weighted by molar-refractivity contribution is -0.173. The molecular weight excluding hydrogens is 415 g/mol. The van der Waals surface area contributed by atoms with Gasteiger partial charge in [0.15, 0.2) is 11.7 Å². The van der Waals surface area contributed by atoms with Crippen LogP contribution in [0.3, 0.4) is 0 Å². The number of thiophene rings is 1. The minimum Gasteiger partial charge on any atom is -0.361 e. The maximum Gasteiger partial charge on any atom is 0.410 e. The van der Waals surface area contributed by atoms with Crippen molar-refractivity contribution in [3.63, 3.8) is 0 Å². The number of carbonyl (C=O) groups excluding carboxylic acids is 1. The number of hydrogen-bond donors (Lipinski definition) is 1. The SMILES string of the molecule is CN1CCN(C(=O)c2nn3c(c2Cl)N[C@@H](c2cccs2)C[C@@H]3C(F)(F)F)CC1. The molecule has 2 atom stereocenters. The molecule has 6 nitrogen and oxygen atoms in total. The second kappa shape index (κ2) is 7.23. The van der Waals surface area contributed by atoms with Crippen molar-refractivity contribution in [2.24, 2.45) is 0 Å². The van der Waals surface area contributed by atoms with Crippen molar-refractivity contribution in [1.82, 2.24) is 19.6 Å². The number of nitrogens with one attached hydrogen (secondary N) is 1. The summed E-state index contributed by atoms with van der Waals surface area (Å²) in [6.45, 7) is 2.37. The van der Waals surface area contributed by atoms with E-state index in [0.717, 1.165) is 9.56 Å². The van der Waals surface area contributed by atoms with Gasteiger partial charge in [0.05, 0.1) is 6.04 Å². The summed E-state index contributed by atoms with van der Waals surface area (Å²) in [5, 5.41) is 8.82. The number of nitrogens with zero attached hydrogens (tertiary/aromatic N) is 4. The molecule has 1 fully saturated rings. The molecule has 28 heavy (non-hydrogen) atoms. The van der Waals surface area contributed by atoms with Gasteiger partial charge in [-0.15, -0.1) is 11.3 Å². The van der Waals surface area contributed by atoms with Crippen LogP contribution in [0.1, 0.15) is 33.9 Å². The maximum absolute atomic E-state index is 13.7. The van der Waals surface area contributed by atoms with E-state index in [0.29, 0.717) is 26.2 Å². The van der Waals surface area contributed by atoms with E-state index >= 15 is 0 Å². The lowest BCUT2D eigenvalue weighted by Crippen LogP contribution is -2.47. The fraction of sp³-hybridized carbons (Fsp3) is 0.529. The molecule has 152 valence electrons. The Morgan fingerprint density at radius 3 is 2.64 bits per heavy atom. The maximum atomic E-state index is 13.7. The Balaban J connectivity index is 1.69. The van der Waals surface area contributed by atoms with Crippen molar-refractivity contribution in [3.8, 4) is 0 Å². The first-order valence-corrected chi connectivity index (χ1v) is 10.1. The highest BCUT2D eigenvalue weighted by molar-refractivity contribution is 7.10. The second-order valence-electron chi connectivity index (χ2n) is 7.06. The van der Waals surface area contributed by atoms with E-state index in [1.807, 2.05) is 12.4 Å². The number of amides is 1. The number of fused-ring (bicyclic) bond motifs is 1. The van der Waals surface area contributed by atoms with Gasteiger partial charge in [-0.3, -0.25) is 4.79 Å². The minimum atomic E-state index is -4.50. The molecule has 1 N–H and O–H groups in total. The number of hydrogen-bond acceptors (Lipinski definition) is 5. The molecule has 2 aromatic rings. The van der Waals surface area contributed by atoms with Crippen LogP contribution in [0.2, 0.25) is 5.02 Å². The third kappa shape index (κ3) is 3.48. The lowest BCUT2D eigenvalue weighted by Gasteiger charge is -2.33.